The van der Waals surface area contributed by atoms with Crippen molar-refractivity contribution in [1.29, 1.82) is 0 Å². The number of nitrogens with zero attached hydrogens (tertiary/aromatic N) is 4. The molecule has 0 bridgehead atoms. The number of carbonyl (C=O) groups excluding carboxylic acids is 1. The number of hydrogen-bond acceptors (Lipinski definition) is 10. The molecule has 0 spiro atoms. The van der Waals surface area contributed by atoms with Crippen molar-refractivity contribution in [1.82, 2.24) is 15.0 Å². The molecule has 0 radical (unpaired) electrons. The van der Waals surface area contributed by atoms with Crippen LogP contribution in [0.4, 0.5) is 5.69 Å². The number of hydrogen-bond donors (Lipinski definition) is 1. The number of methoxy groups -OCH3 is 3. The molecule has 34 heavy (non-hydrogen) atoms. The van der Waals surface area contributed by atoms with Crippen molar-refractivity contribution in [2.24, 2.45) is 0 Å². The lowest BCUT2D eigenvalue weighted by Gasteiger charge is -2.15. The van der Waals surface area contributed by atoms with Gasteiger partial charge in [-0.25, -0.2) is 9.48 Å². The predicted octanol–water partition coefficient (Wildman–Crippen LogP) is 2.52. The average molecular weight is 472 g/mol. The van der Waals surface area contributed by atoms with Gasteiger partial charge < -0.3 is 24.1 Å². The fraction of sp³-hybridized carbons (Fsp3) is 0.318. The minimum atomic E-state index is -1.68. The summed E-state index contributed by atoms with van der Waals surface area (Å²) in [7, 11) is 4.24. The van der Waals surface area contributed by atoms with Crippen LogP contribution in [0, 0.1) is 10.1 Å². The second kappa shape index (κ2) is 10.6. The Balaban J connectivity index is 2.10. The van der Waals surface area contributed by atoms with E-state index in [1.54, 1.807) is 38.3 Å². The van der Waals surface area contributed by atoms with Gasteiger partial charge in [0.15, 0.2) is 17.2 Å². The highest BCUT2D eigenvalue weighted by molar-refractivity contribution is 5.89. The maximum Gasteiger partial charge on any atom is 0.358 e. The van der Waals surface area contributed by atoms with E-state index in [0.29, 0.717) is 5.75 Å². The molecule has 1 aromatic heterocycles. The number of nitro benzene ring substituents is 1. The number of esters is 1. The molecule has 0 aliphatic rings. The number of benzene rings is 2. The minimum absolute atomic E-state index is 0.0680. The van der Waals surface area contributed by atoms with E-state index in [0.717, 1.165) is 11.6 Å². The number of rotatable bonds is 10. The Morgan fingerprint density at radius 3 is 2.32 bits per heavy atom. The Bertz CT molecular complexity index is 1180. The number of aromatic nitrogens is 3. The Kier molecular flexibility index (Phi) is 7.64. The molecule has 1 heterocycles. The zero-order valence-corrected chi connectivity index (χ0v) is 19.0. The van der Waals surface area contributed by atoms with Crippen LogP contribution in [0.2, 0.25) is 0 Å². The summed E-state index contributed by atoms with van der Waals surface area (Å²) in [6.07, 6.45) is -1.68. The summed E-state index contributed by atoms with van der Waals surface area (Å²) in [5, 5.41) is 30.8. The molecule has 3 aromatic rings. The smallest absolute Gasteiger partial charge is 0.358 e. The molecule has 12 nitrogen and oxygen atoms in total. The largest absolute Gasteiger partial charge is 0.497 e. The third-order valence-corrected chi connectivity index (χ3v) is 5.00. The van der Waals surface area contributed by atoms with Crippen LogP contribution >= 0.6 is 0 Å². The number of aliphatic hydroxyl groups is 1. The third kappa shape index (κ3) is 4.91. The van der Waals surface area contributed by atoms with Gasteiger partial charge in [-0.1, -0.05) is 17.3 Å². The van der Waals surface area contributed by atoms with Gasteiger partial charge in [0, 0.05) is 0 Å². The van der Waals surface area contributed by atoms with Crippen molar-refractivity contribution in [3.05, 3.63) is 69.0 Å². The highest BCUT2D eigenvalue weighted by atomic mass is 16.6. The first-order valence-corrected chi connectivity index (χ1v) is 10.2. The second-order valence-electron chi connectivity index (χ2n) is 6.98. The molecule has 1 N–H and O–H groups in total. The van der Waals surface area contributed by atoms with Gasteiger partial charge in [-0.3, -0.25) is 10.1 Å². The normalized spacial score (nSPS) is 11.6. The van der Waals surface area contributed by atoms with Gasteiger partial charge in [-0.05, 0) is 30.7 Å². The Morgan fingerprint density at radius 2 is 1.76 bits per heavy atom. The second-order valence-corrected chi connectivity index (χ2v) is 6.98. The molecule has 3 rings (SSSR count). The summed E-state index contributed by atoms with van der Waals surface area (Å²) in [5.41, 5.74) is -0.139. The molecule has 0 amide bonds. The van der Waals surface area contributed by atoms with Crippen molar-refractivity contribution in [3.8, 4) is 17.2 Å². The highest BCUT2D eigenvalue weighted by Crippen LogP contribution is 2.39. The topological polar surface area (TPSA) is 148 Å². The van der Waals surface area contributed by atoms with Crippen molar-refractivity contribution < 1.29 is 33.8 Å². The molecule has 0 saturated heterocycles. The lowest BCUT2D eigenvalue weighted by Crippen LogP contribution is -2.17. The number of ether oxygens (including phenoxy) is 4. The summed E-state index contributed by atoms with van der Waals surface area (Å²) in [6.45, 7) is 1.83. The summed E-state index contributed by atoms with van der Waals surface area (Å²) < 4.78 is 21.9. The zero-order valence-electron chi connectivity index (χ0n) is 19.0. The number of aliphatic hydroxyl groups excluding tert-OH is 1. The zero-order chi connectivity index (χ0) is 24.8. The Morgan fingerprint density at radius 1 is 1.12 bits per heavy atom. The van der Waals surface area contributed by atoms with Crippen molar-refractivity contribution >= 4 is 11.7 Å². The van der Waals surface area contributed by atoms with Crippen LogP contribution in [0.3, 0.4) is 0 Å². The molecule has 1 unspecified atom stereocenters. The molecule has 0 aliphatic heterocycles. The van der Waals surface area contributed by atoms with E-state index in [1.165, 1.54) is 25.0 Å². The van der Waals surface area contributed by atoms with E-state index in [-0.39, 0.29) is 41.6 Å². The molecule has 0 aliphatic carbocycles. The molecule has 0 saturated carbocycles. The maximum atomic E-state index is 12.8. The van der Waals surface area contributed by atoms with Gasteiger partial charge in [-0.15, -0.1) is 5.10 Å². The first kappa shape index (κ1) is 24.5. The van der Waals surface area contributed by atoms with Gasteiger partial charge in [0.05, 0.1) is 51.0 Å². The van der Waals surface area contributed by atoms with Crippen LogP contribution in [0.5, 0.6) is 17.2 Å². The van der Waals surface area contributed by atoms with E-state index in [4.69, 9.17) is 18.9 Å². The van der Waals surface area contributed by atoms with Gasteiger partial charge in [0.2, 0.25) is 0 Å². The van der Waals surface area contributed by atoms with Gasteiger partial charge in [0.25, 0.3) is 5.69 Å². The Labute approximate surface area is 194 Å². The molecule has 2 aromatic carbocycles. The van der Waals surface area contributed by atoms with Crippen LogP contribution < -0.4 is 14.2 Å². The predicted molar refractivity (Wildman–Crippen MR) is 118 cm³/mol. The summed E-state index contributed by atoms with van der Waals surface area (Å²) >= 11 is 0. The van der Waals surface area contributed by atoms with Crippen molar-refractivity contribution in [3.63, 3.8) is 0 Å². The molecular weight excluding hydrogens is 448 g/mol. The summed E-state index contributed by atoms with van der Waals surface area (Å²) in [5.74, 6) is 0.146. The van der Waals surface area contributed by atoms with Crippen LogP contribution in [0.25, 0.3) is 0 Å². The molecular formula is C22H24N4O8. The molecule has 12 heteroatoms. The minimum Gasteiger partial charge on any atom is -0.497 e. The van der Waals surface area contributed by atoms with Crippen molar-refractivity contribution in [2.45, 2.75) is 19.6 Å². The first-order valence-electron chi connectivity index (χ1n) is 10.2. The highest BCUT2D eigenvalue weighted by Gasteiger charge is 2.33. The summed E-state index contributed by atoms with van der Waals surface area (Å²) in [4.78, 5) is 23.8. The standard InChI is InChI=1S/C22H24N4O8/c1-5-34-22(28)20-19(23-24-25(20)12-13-6-8-14(31-2)9-7-13)21(27)15-10-17(32-3)18(33-4)11-16(15)26(29)30/h6-11,21,27H,5,12H2,1-4H3. The maximum absolute atomic E-state index is 12.8. The van der Waals surface area contributed by atoms with Crippen LogP contribution in [0.1, 0.15) is 40.3 Å². The lowest BCUT2D eigenvalue weighted by atomic mass is 10.0. The third-order valence-electron chi connectivity index (χ3n) is 5.00. The van der Waals surface area contributed by atoms with Crippen molar-refractivity contribution in [2.75, 3.05) is 27.9 Å². The number of carbonyl (C=O) groups is 1. The first-order chi connectivity index (χ1) is 16.3. The van der Waals surface area contributed by atoms with Gasteiger partial charge >= 0.3 is 5.97 Å². The average Bonchev–Trinajstić information content (AvgIpc) is 3.26. The van der Waals surface area contributed by atoms with E-state index < -0.39 is 22.7 Å². The fourth-order valence-electron chi connectivity index (χ4n) is 3.34. The van der Waals surface area contributed by atoms with E-state index >= 15 is 0 Å². The van der Waals surface area contributed by atoms with E-state index in [1.807, 2.05) is 0 Å². The summed E-state index contributed by atoms with van der Waals surface area (Å²) in [6, 6.07) is 9.45. The molecule has 180 valence electrons. The van der Waals surface area contributed by atoms with Gasteiger partial charge in [-0.2, -0.15) is 0 Å². The van der Waals surface area contributed by atoms with E-state index in [2.05, 4.69) is 10.3 Å². The fourth-order valence-corrected chi connectivity index (χ4v) is 3.34. The van der Waals surface area contributed by atoms with Gasteiger partial charge in [0.1, 0.15) is 17.5 Å². The Hall–Kier alpha value is -4.19. The monoisotopic (exact) mass is 472 g/mol. The van der Waals surface area contributed by atoms with Crippen LogP contribution in [-0.2, 0) is 11.3 Å². The van der Waals surface area contributed by atoms with E-state index in [9.17, 15) is 20.0 Å². The number of nitro groups is 1. The van der Waals surface area contributed by atoms with Crippen LogP contribution in [-0.4, -0.2) is 58.9 Å². The van der Waals surface area contributed by atoms with Crippen LogP contribution in [0.15, 0.2) is 36.4 Å². The quantitative estimate of drug-likeness (QED) is 0.265. The molecule has 0 fully saturated rings. The SMILES string of the molecule is CCOC(=O)c1c(C(O)c2cc(OC)c(OC)cc2[N+](=O)[O-])nnn1Cc1ccc(OC)cc1. The lowest BCUT2D eigenvalue weighted by molar-refractivity contribution is -0.386. The molecule has 1 atom stereocenters.